The summed E-state index contributed by atoms with van der Waals surface area (Å²) >= 11 is 2.23. The first-order valence-corrected chi connectivity index (χ1v) is 6.77. The quantitative estimate of drug-likeness (QED) is 0.830. The minimum atomic E-state index is -0.461. The molecule has 0 saturated carbocycles. The monoisotopic (exact) mass is 354 g/mol. The Kier molecular flexibility index (Phi) is 2.81. The van der Waals surface area contributed by atoms with Gasteiger partial charge in [-0.3, -0.25) is 4.79 Å². The standard InChI is InChI=1S/C12H11IN4O/c13-7-4-5-15-10(6-7)17-9-3-1-2-8(9)11(16-17)12(14)18/h4-6H,1-3H2,(H2,14,18). The van der Waals surface area contributed by atoms with Gasteiger partial charge in [-0.1, -0.05) is 0 Å². The Morgan fingerprint density at radius 2 is 2.28 bits per heavy atom. The van der Waals surface area contributed by atoms with Crippen LogP contribution in [0.4, 0.5) is 0 Å². The summed E-state index contributed by atoms with van der Waals surface area (Å²) in [7, 11) is 0. The fraction of sp³-hybridized carbons (Fsp3) is 0.250. The lowest BCUT2D eigenvalue weighted by atomic mass is 10.2. The maximum atomic E-state index is 11.4. The molecule has 2 aromatic heterocycles. The summed E-state index contributed by atoms with van der Waals surface area (Å²) < 4.78 is 2.84. The number of aromatic nitrogens is 3. The van der Waals surface area contributed by atoms with Crippen molar-refractivity contribution in [3.63, 3.8) is 0 Å². The van der Waals surface area contributed by atoms with Crippen LogP contribution in [0.3, 0.4) is 0 Å². The lowest BCUT2D eigenvalue weighted by Crippen LogP contribution is -2.14. The zero-order valence-electron chi connectivity index (χ0n) is 9.56. The number of hydrogen-bond donors (Lipinski definition) is 1. The molecule has 0 aromatic carbocycles. The molecule has 0 radical (unpaired) electrons. The molecular weight excluding hydrogens is 343 g/mol. The molecule has 0 saturated heterocycles. The third kappa shape index (κ3) is 1.80. The van der Waals surface area contributed by atoms with Crippen LogP contribution in [0.1, 0.15) is 28.2 Å². The van der Waals surface area contributed by atoms with Crippen molar-refractivity contribution < 1.29 is 4.79 Å². The molecule has 2 heterocycles. The fourth-order valence-corrected chi connectivity index (χ4v) is 2.77. The van der Waals surface area contributed by atoms with E-state index in [1.807, 2.05) is 12.1 Å². The second-order valence-electron chi connectivity index (χ2n) is 4.24. The van der Waals surface area contributed by atoms with Crippen LogP contribution in [0.25, 0.3) is 5.82 Å². The highest BCUT2D eigenvalue weighted by atomic mass is 127. The zero-order valence-corrected chi connectivity index (χ0v) is 11.7. The normalized spacial score (nSPS) is 13.6. The smallest absolute Gasteiger partial charge is 0.269 e. The van der Waals surface area contributed by atoms with Gasteiger partial charge in [0.25, 0.3) is 5.91 Å². The molecule has 0 fully saturated rings. The van der Waals surface area contributed by atoms with E-state index >= 15 is 0 Å². The molecule has 0 bridgehead atoms. The van der Waals surface area contributed by atoms with Crippen LogP contribution < -0.4 is 5.73 Å². The zero-order chi connectivity index (χ0) is 12.7. The van der Waals surface area contributed by atoms with E-state index in [4.69, 9.17) is 5.73 Å². The van der Waals surface area contributed by atoms with Gasteiger partial charge in [0.1, 0.15) is 0 Å². The number of nitrogens with two attached hydrogens (primary N) is 1. The number of amides is 1. The first-order valence-electron chi connectivity index (χ1n) is 5.69. The van der Waals surface area contributed by atoms with Crippen molar-refractivity contribution in [3.05, 3.63) is 38.9 Å². The predicted molar refractivity (Wildman–Crippen MR) is 74.6 cm³/mol. The molecular formula is C12H11IN4O. The number of pyridine rings is 1. The minimum Gasteiger partial charge on any atom is -0.364 e. The fourth-order valence-electron chi connectivity index (χ4n) is 2.33. The van der Waals surface area contributed by atoms with Gasteiger partial charge in [0, 0.05) is 15.3 Å². The highest BCUT2D eigenvalue weighted by Crippen LogP contribution is 2.27. The Morgan fingerprint density at radius 3 is 3.00 bits per heavy atom. The SMILES string of the molecule is NC(=O)c1nn(-c2cc(I)ccn2)c2c1CCC2. The van der Waals surface area contributed by atoms with Crippen molar-refractivity contribution in [2.24, 2.45) is 5.73 Å². The van der Waals surface area contributed by atoms with Gasteiger partial charge in [-0.05, 0) is 54.0 Å². The molecule has 2 N–H and O–H groups in total. The Morgan fingerprint density at radius 1 is 1.44 bits per heavy atom. The molecule has 0 spiro atoms. The van der Waals surface area contributed by atoms with E-state index in [9.17, 15) is 4.79 Å². The summed E-state index contributed by atoms with van der Waals surface area (Å²) in [4.78, 5) is 15.7. The third-order valence-electron chi connectivity index (χ3n) is 3.09. The molecule has 0 aliphatic heterocycles. The summed E-state index contributed by atoms with van der Waals surface area (Å²) in [5, 5.41) is 4.32. The van der Waals surface area contributed by atoms with Crippen molar-refractivity contribution in [1.29, 1.82) is 0 Å². The first kappa shape index (κ1) is 11.6. The van der Waals surface area contributed by atoms with Crippen molar-refractivity contribution in [3.8, 4) is 5.82 Å². The van der Waals surface area contributed by atoms with Gasteiger partial charge in [0.05, 0.1) is 5.69 Å². The highest BCUT2D eigenvalue weighted by Gasteiger charge is 2.25. The molecule has 92 valence electrons. The second kappa shape index (κ2) is 4.34. The minimum absolute atomic E-state index is 0.392. The van der Waals surface area contributed by atoms with Crippen LogP contribution in [0.5, 0.6) is 0 Å². The number of fused-ring (bicyclic) bond motifs is 1. The Bertz CT molecular complexity index is 635. The van der Waals surface area contributed by atoms with Gasteiger partial charge in [-0.15, -0.1) is 0 Å². The number of hydrogen-bond acceptors (Lipinski definition) is 3. The lowest BCUT2D eigenvalue weighted by Gasteiger charge is -2.04. The van der Waals surface area contributed by atoms with E-state index in [1.54, 1.807) is 10.9 Å². The molecule has 0 atom stereocenters. The average Bonchev–Trinajstić information content (AvgIpc) is 2.88. The Hall–Kier alpha value is -1.44. The summed E-state index contributed by atoms with van der Waals surface area (Å²) in [6.07, 6.45) is 4.57. The number of halogens is 1. The number of nitrogens with zero attached hydrogens (tertiary/aromatic N) is 3. The van der Waals surface area contributed by atoms with Gasteiger partial charge in [0.15, 0.2) is 11.5 Å². The number of rotatable bonds is 2. The van der Waals surface area contributed by atoms with Crippen LogP contribution in [0, 0.1) is 3.57 Å². The van der Waals surface area contributed by atoms with Gasteiger partial charge in [-0.2, -0.15) is 5.10 Å². The van der Waals surface area contributed by atoms with Crippen LogP contribution >= 0.6 is 22.6 Å². The van der Waals surface area contributed by atoms with E-state index in [-0.39, 0.29) is 0 Å². The topological polar surface area (TPSA) is 73.8 Å². The molecule has 6 heteroatoms. The molecule has 0 unspecified atom stereocenters. The van der Waals surface area contributed by atoms with Gasteiger partial charge in [-0.25, -0.2) is 9.67 Å². The largest absolute Gasteiger partial charge is 0.364 e. The van der Waals surface area contributed by atoms with Gasteiger partial charge < -0.3 is 5.73 Å². The van der Waals surface area contributed by atoms with Crippen LogP contribution in [-0.4, -0.2) is 20.7 Å². The average molecular weight is 354 g/mol. The molecule has 5 nitrogen and oxygen atoms in total. The van der Waals surface area contributed by atoms with Crippen molar-refractivity contribution in [2.75, 3.05) is 0 Å². The molecule has 3 rings (SSSR count). The predicted octanol–water partition coefficient (Wildman–Crippen LogP) is 1.46. The molecule has 1 aliphatic rings. The number of carbonyl (C=O) groups is 1. The molecule has 18 heavy (non-hydrogen) atoms. The van der Waals surface area contributed by atoms with E-state index in [1.165, 1.54) is 0 Å². The van der Waals surface area contributed by atoms with Crippen molar-refractivity contribution in [1.82, 2.24) is 14.8 Å². The maximum Gasteiger partial charge on any atom is 0.269 e. The van der Waals surface area contributed by atoms with E-state index in [0.29, 0.717) is 5.69 Å². The number of carbonyl (C=O) groups excluding carboxylic acids is 1. The van der Waals surface area contributed by atoms with Gasteiger partial charge >= 0.3 is 0 Å². The summed E-state index contributed by atoms with van der Waals surface area (Å²) in [6.45, 7) is 0. The van der Waals surface area contributed by atoms with Gasteiger partial charge in [0.2, 0.25) is 0 Å². The van der Waals surface area contributed by atoms with Crippen LogP contribution in [0.15, 0.2) is 18.3 Å². The summed E-state index contributed by atoms with van der Waals surface area (Å²) in [5.41, 5.74) is 7.82. The molecule has 2 aromatic rings. The summed E-state index contributed by atoms with van der Waals surface area (Å²) in [5.74, 6) is 0.282. The lowest BCUT2D eigenvalue weighted by molar-refractivity contribution is 0.0994. The molecule has 1 aliphatic carbocycles. The Labute approximate surface area is 118 Å². The molecule has 1 amide bonds. The van der Waals surface area contributed by atoms with E-state index in [2.05, 4.69) is 32.7 Å². The van der Waals surface area contributed by atoms with Crippen LogP contribution in [0.2, 0.25) is 0 Å². The second-order valence-corrected chi connectivity index (χ2v) is 5.48. The third-order valence-corrected chi connectivity index (χ3v) is 3.76. The van der Waals surface area contributed by atoms with Crippen LogP contribution in [-0.2, 0) is 12.8 Å². The first-order chi connectivity index (χ1) is 8.66. The maximum absolute atomic E-state index is 11.4. The Balaban J connectivity index is 2.19. The number of primary amides is 1. The van der Waals surface area contributed by atoms with Crippen molar-refractivity contribution in [2.45, 2.75) is 19.3 Å². The van der Waals surface area contributed by atoms with E-state index in [0.717, 1.165) is 39.9 Å². The summed E-state index contributed by atoms with van der Waals surface area (Å²) in [6, 6.07) is 3.86. The van der Waals surface area contributed by atoms with Crippen molar-refractivity contribution >= 4 is 28.5 Å². The van der Waals surface area contributed by atoms with E-state index < -0.39 is 5.91 Å². The highest BCUT2D eigenvalue weighted by molar-refractivity contribution is 14.1.